The van der Waals surface area contributed by atoms with Crippen molar-refractivity contribution in [3.63, 3.8) is 0 Å². The second-order valence-corrected chi connectivity index (χ2v) is 5.72. The second kappa shape index (κ2) is 5.67. The smallest absolute Gasteiger partial charge is 0.126 e. The molecule has 2 heterocycles. The number of likely N-dealkylation sites (tertiary alicyclic amines) is 1. The molecule has 20 heavy (non-hydrogen) atoms. The lowest BCUT2D eigenvalue weighted by atomic mass is 9.87. The van der Waals surface area contributed by atoms with Crippen LogP contribution in [0.5, 0.6) is 0 Å². The van der Waals surface area contributed by atoms with Crippen LogP contribution in [0.4, 0.5) is 5.82 Å². The van der Waals surface area contributed by atoms with Gasteiger partial charge in [0.1, 0.15) is 5.82 Å². The van der Waals surface area contributed by atoms with Gasteiger partial charge in [-0.1, -0.05) is 24.3 Å². The van der Waals surface area contributed by atoms with Crippen molar-refractivity contribution in [3.8, 4) is 11.1 Å². The van der Waals surface area contributed by atoms with Gasteiger partial charge in [-0.2, -0.15) is 5.10 Å². The third-order valence-electron chi connectivity index (χ3n) is 4.31. The summed E-state index contributed by atoms with van der Waals surface area (Å²) in [4.78, 5) is 2.43. The number of nitrogen functional groups attached to an aromatic ring is 1. The summed E-state index contributed by atoms with van der Waals surface area (Å²) < 4.78 is 0. The third-order valence-corrected chi connectivity index (χ3v) is 4.31. The Morgan fingerprint density at radius 2 is 2.05 bits per heavy atom. The third kappa shape index (κ3) is 2.56. The van der Waals surface area contributed by atoms with E-state index >= 15 is 0 Å². The zero-order valence-corrected chi connectivity index (χ0v) is 12.0. The second-order valence-electron chi connectivity index (χ2n) is 5.72. The first-order chi connectivity index (χ1) is 9.75. The van der Waals surface area contributed by atoms with Crippen molar-refractivity contribution < 1.29 is 0 Å². The summed E-state index contributed by atoms with van der Waals surface area (Å²) in [5, 5.41) is 6.89. The van der Waals surface area contributed by atoms with Gasteiger partial charge in [0.2, 0.25) is 0 Å². The maximum Gasteiger partial charge on any atom is 0.126 e. The molecule has 4 heteroatoms. The summed E-state index contributed by atoms with van der Waals surface area (Å²) in [5.41, 5.74) is 9.67. The van der Waals surface area contributed by atoms with Crippen LogP contribution >= 0.6 is 0 Å². The number of H-pyrrole nitrogens is 1. The number of rotatable bonds is 2. The average molecular weight is 270 g/mol. The Morgan fingerprint density at radius 1 is 1.20 bits per heavy atom. The first kappa shape index (κ1) is 13.2. The maximum atomic E-state index is 6.00. The summed E-state index contributed by atoms with van der Waals surface area (Å²) in [5.74, 6) is 1.27. The number of nitrogens with two attached hydrogens (primary N) is 1. The Labute approximate surface area is 120 Å². The molecule has 3 rings (SSSR count). The zero-order valence-electron chi connectivity index (χ0n) is 12.0. The molecule has 1 aliphatic heterocycles. The highest BCUT2D eigenvalue weighted by Gasteiger charge is 2.20. The van der Waals surface area contributed by atoms with Crippen molar-refractivity contribution >= 4 is 5.82 Å². The van der Waals surface area contributed by atoms with Gasteiger partial charge >= 0.3 is 0 Å². The van der Waals surface area contributed by atoms with Crippen molar-refractivity contribution in [3.05, 3.63) is 36.0 Å². The van der Waals surface area contributed by atoms with Crippen LogP contribution in [0.2, 0.25) is 0 Å². The van der Waals surface area contributed by atoms with Crippen LogP contribution in [0.25, 0.3) is 11.1 Å². The molecule has 1 saturated heterocycles. The van der Waals surface area contributed by atoms with Gasteiger partial charge in [-0.3, -0.25) is 5.10 Å². The van der Waals surface area contributed by atoms with Crippen LogP contribution in [0, 0.1) is 0 Å². The van der Waals surface area contributed by atoms with E-state index in [4.69, 9.17) is 5.73 Å². The van der Waals surface area contributed by atoms with Gasteiger partial charge in [-0.25, -0.2) is 0 Å². The Balaban J connectivity index is 1.96. The molecule has 0 bridgehead atoms. The number of aromatic amines is 1. The number of nitrogens with zero attached hydrogens (tertiary/aromatic N) is 2. The van der Waals surface area contributed by atoms with Crippen LogP contribution < -0.4 is 5.73 Å². The van der Waals surface area contributed by atoms with Crippen LogP contribution in [0.15, 0.2) is 30.5 Å². The molecule has 1 aromatic carbocycles. The van der Waals surface area contributed by atoms with E-state index in [0.717, 1.165) is 5.56 Å². The van der Waals surface area contributed by atoms with Gasteiger partial charge in [0, 0.05) is 5.56 Å². The highest BCUT2D eigenvalue weighted by Crippen LogP contribution is 2.36. The topological polar surface area (TPSA) is 57.9 Å². The predicted molar refractivity (Wildman–Crippen MR) is 82.5 cm³/mol. The number of hydrogen-bond donors (Lipinski definition) is 2. The molecule has 0 spiro atoms. The van der Waals surface area contributed by atoms with Crippen molar-refractivity contribution in [2.75, 3.05) is 25.9 Å². The van der Waals surface area contributed by atoms with E-state index in [1.54, 1.807) is 0 Å². The molecule has 106 valence electrons. The molecular weight excluding hydrogens is 248 g/mol. The summed E-state index contributed by atoms with van der Waals surface area (Å²) in [6, 6.07) is 8.61. The van der Waals surface area contributed by atoms with E-state index in [0.29, 0.717) is 11.7 Å². The van der Waals surface area contributed by atoms with E-state index in [9.17, 15) is 0 Å². The molecule has 0 aliphatic carbocycles. The number of anilines is 1. The minimum absolute atomic E-state index is 0.616. The van der Waals surface area contributed by atoms with Gasteiger partial charge in [0.05, 0.1) is 6.20 Å². The number of aromatic nitrogens is 2. The minimum atomic E-state index is 0.616. The molecule has 1 unspecified atom stereocenters. The lowest BCUT2D eigenvalue weighted by molar-refractivity contribution is 0.347. The van der Waals surface area contributed by atoms with Gasteiger partial charge < -0.3 is 10.6 Å². The van der Waals surface area contributed by atoms with E-state index in [1.165, 1.54) is 43.5 Å². The highest BCUT2D eigenvalue weighted by atomic mass is 15.1. The molecule has 4 nitrogen and oxygen atoms in total. The van der Waals surface area contributed by atoms with Gasteiger partial charge in [0.15, 0.2) is 0 Å². The van der Waals surface area contributed by atoms with Gasteiger partial charge in [0.25, 0.3) is 0 Å². The maximum absolute atomic E-state index is 6.00. The normalized spacial score (nSPS) is 20.8. The molecule has 0 radical (unpaired) electrons. The van der Waals surface area contributed by atoms with E-state index in [-0.39, 0.29) is 0 Å². The van der Waals surface area contributed by atoms with Gasteiger partial charge in [-0.15, -0.1) is 0 Å². The minimum Gasteiger partial charge on any atom is -0.384 e. The number of hydrogen-bond acceptors (Lipinski definition) is 3. The first-order valence-electron chi connectivity index (χ1n) is 7.32. The Morgan fingerprint density at radius 3 is 2.85 bits per heavy atom. The van der Waals surface area contributed by atoms with Crippen LogP contribution in [-0.4, -0.2) is 35.2 Å². The van der Waals surface area contributed by atoms with Crippen LogP contribution in [-0.2, 0) is 0 Å². The zero-order chi connectivity index (χ0) is 13.9. The highest BCUT2D eigenvalue weighted by molar-refractivity contribution is 5.76. The Hall–Kier alpha value is -1.81. The van der Waals surface area contributed by atoms with Crippen LogP contribution in [0.1, 0.15) is 30.7 Å². The lowest BCUT2D eigenvalue weighted by Crippen LogP contribution is -2.18. The Kier molecular flexibility index (Phi) is 3.74. The molecule has 2 aromatic rings. The fourth-order valence-electron chi connectivity index (χ4n) is 3.16. The lowest BCUT2D eigenvalue weighted by Gasteiger charge is -2.18. The Bertz CT molecular complexity index is 575. The fourth-order valence-corrected chi connectivity index (χ4v) is 3.16. The van der Waals surface area contributed by atoms with Crippen LogP contribution in [0.3, 0.4) is 0 Å². The van der Waals surface area contributed by atoms with Gasteiger partial charge in [-0.05, 0) is 56.4 Å². The first-order valence-corrected chi connectivity index (χ1v) is 7.32. The van der Waals surface area contributed by atoms with Crippen molar-refractivity contribution in [1.82, 2.24) is 15.1 Å². The quantitative estimate of drug-likeness (QED) is 0.882. The predicted octanol–water partition coefficient (Wildman–Crippen LogP) is 2.86. The molecule has 3 N–H and O–H groups in total. The summed E-state index contributed by atoms with van der Waals surface area (Å²) in [7, 11) is 2.21. The van der Waals surface area contributed by atoms with E-state index in [1.807, 2.05) is 6.20 Å². The summed E-state index contributed by atoms with van der Waals surface area (Å²) in [6.45, 7) is 2.37. The molecule has 1 aromatic heterocycles. The van der Waals surface area contributed by atoms with Crippen molar-refractivity contribution in [2.24, 2.45) is 0 Å². The summed E-state index contributed by atoms with van der Waals surface area (Å²) >= 11 is 0. The number of benzene rings is 1. The summed E-state index contributed by atoms with van der Waals surface area (Å²) in [6.07, 6.45) is 5.55. The molecule has 0 saturated carbocycles. The average Bonchev–Trinajstić information content (AvgIpc) is 2.76. The molecule has 1 atom stereocenters. The largest absolute Gasteiger partial charge is 0.384 e. The SMILES string of the molecule is CN1CCCC(c2ccccc2-c2cn[nH]c2N)CC1. The molecule has 1 fully saturated rings. The van der Waals surface area contributed by atoms with E-state index < -0.39 is 0 Å². The van der Waals surface area contributed by atoms with Crippen molar-refractivity contribution in [1.29, 1.82) is 0 Å². The fraction of sp³-hybridized carbons (Fsp3) is 0.438. The molecular formula is C16H22N4. The van der Waals surface area contributed by atoms with Crippen molar-refractivity contribution in [2.45, 2.75) is 25.2 Å². The number of nitrogens with one attached hydrogen (secondary N) is 1. The monoisotopic (exact) mass is 270 g/mol. The standard InChI is InChI=1S/C16H22N4/c1-20-9-4-5-12(8-10-20)13-6-2-3-7-14(13)15-11-18-19-16(15)17/h2-3,6-7,11-12H,4-5,8-10H2,1H3,(H3,17,18,19). The molecule has 1 aliphatic rings. The molecule has 0 amide bonds. The van der Waals surface area contributed by atoms with E-state index in [2.05, 4.69) is 46.4 Å².